The Bertz CT molecular complexity index is 390. The minimum atomic E-state index is 0. The number of carbonyl (C=O) groups excluding carboxylic acids is 3. The van der Waals surface area contributed by atoms with Gasteiger partial charge in [0.2, 0.25) is 17.7 Å². The zero-order valence-corrected chi connectivity index (χ0v) is 20.7. The third kappa shape index (κ3) is 14.9. The van der Waals surface area contributed by atoms with E-state index >= 15 is 0 Å². The predicted molar refractivity (Wildman–Crippen MR) is 98.4 cm³/mol. The fourth-order valence-corrected chi connectivity index (χ4v) is 1.65. The molecule has 0 saturated carbocycles. The molecular formula is C18H36KN3O3. The van der Waals surface area contributed by atoms with Crippen molar-refractivity contribution >= 4 is 17.7 Å². The standard InChI is InChI=1S/C12H24N2O2.C6H12NO.K/c1-6-7-11(15)13(4)9-8-12(16)14(5)10(2)3;1-4-6(8)7(3)5-2;/h10H,6-9H2,1-5H3;2,4-5H2,1,3H3;/q;-1;+1. The largest absolute Gasteiger partial charge is 1.00 e. The molecule has 0 aliphatic heterocycles. The van der Waals surface area contributed by atoms with Gasteiger partial charge in [-0.3, -0.25) is 14.4 Å². The monoisotopic (exact) mass is 381 g/mol. The maximum Gasteiger partial charge on any atom is 1.00 e. The first-order chi connectivity index (χ1) is 11.1. The van der Waals surface area contributed by atoms with E-state index in [9.17, 15) is 14.4 Å². The van der Waals surface area contributed by atoms with Crippen molar-refractivity contribution in [1.29, 1.82) is 0 Å². The van der Waals surface area contributed by atoms with Crippen molar-refractivity contribution < 1.29 is 65.8 Å². The van der Waals surface area contributed by atoms with Crippen molar-refractivity contribution in [2.24, 2.45) is 0 Å². The van der Waals surface area contributed by atoms with Crippen molar-refractivity contribution in [3.8, 4) is 0 Å². The summed E-state index contributed by atoms with van der Waals surface area (Å²) in [6.07, 6.45) is 2.39. The molecule has 0 aliphatic carbocycles. The van der Waals surface area contributed by atoms with Crippen LogP contribution in [0.1, 0.15) is 53.4 Å². The number of hydrogen-bond donors (Lipinski definition) is 0. The van der Waals surface area contributed by atoms with Crippen molar-refractivity contribution in [3.63, 3.8) is 0 Å². The molecule has 0 radical (unpaired) electrons. The van der Waals surface area contributed by atoms with Crippen LogP contribution in [-0.4, -0.2) is 72.7 Å². The summed E-state index contributed by atoms with van der Waals surface area (Å²) in [5.41, 5.74) is 0. The van der Waals surface area contributed by atoms with Crippen LogP contribution < -0.4 is 51.4 Å². The van der Waals surface area contributed by atoms with Crippen LogP contribution in [0.3, 0.4) is 0 Å². The second kappa shape index (κ2) is 17.5. The summed E-state index contributed by atoms with van der Waals surface area (Å²) in [6, 6.07) is 0.212. The Kier molecular flexibility index (Phi) is 20.8. The van der Waals surface area contributed by atoms with Crippen LogP contribution in [-0.2, 0) is 14.4 Å². The van der Waals surface area contributed by atoms with E-state index in [1.165, 1.54) is 0 Å². The van der Waals surface area contributed by atoms with Gasteiger partial charge in [-0.25, -0.2) is 0 Å². The summed E-state index contributed by atoms with van der Waals surface area (Å²) < 4.78 is 0. The third-order valence-corrected chi connectivity index (χ3v) is 3.78. The first-order valence-electron chi connectivity index (χ1n) is 8.65. The second-order valence-electron chi connectivity index (χ2n) is 6.08. The summed E-state index contributed by atoms with van der Waals surface area (Å²) in [6.45, 7) is 12.4. The number of hydrogen-bond acceptors (Lipinski definition) is 3. The summed E-state index contributed by atoms with van der Waals surface area (Å²) in [5, 5.41) is 0. The molecule has 0 spiro atoms. The molecule has 0 aliphatic rings. The van der Waals surface area contributed by atoms with Gasteiger partial charge >= 0.3 is 51.4 Å². The fourth-order valence-electron chi connectivity index (χ4n) is 1.65. The second-order valence-corrected chi connectivity index (χ2v) is 6.08. The number of rotatable bonds is 8. The Balaban J connectivity index is -0.000000457. The Hall–Kier alpha value is 0.0464. The van der Waals surface area contributed by atoms with Gasteiger partial charge < -0.3 is 21.6 Å². The van der Waals surface area contributed by atoms with Crippen LogP contribution in [0.4, 0.5) is 0 Å². The Morgan fingerprint density at radius 1 is 0.880 bits per heavy atom. The maximum absolute atomic E-state index is 11.7. The zero-order chi connectivity index (χ0) is 19.3. The predicted octanol–water partition coefficient (Wildman–Crippen LogP) is -0.805. The number of amides is 3. The van der Waals surface area contributed by atoms with E-state index in [1.807, 2.05) is 27.7 Å². The smallest absolute Gasteiger partial charge is 0.376 e. The van der Waals surface area contributed by atoms with Gasteiger partial charge in [0, 0.05) is 53.0 Å². The quantitative estimate of drug-likeness (QED) is 0.408. The van der Waals surface area contributed by atoms with Crippen LogP contribution in [0.25, 0.3) is 0 Å². The molecule has 0 aromatic rings. The van der Waals surface area contributed by atoms with Crippen LogP contribution in [0.5, 0.6) is 0 Å². The molecule has 142 valence electrons. The van der Waals surface area contributed by atoms with Gasteiger partial charge in [-0.2, -0.15) is 0 Å². The number of nitrogens with zero attached hydrogens (tertiary/aromatic N) is 3. The summed E-state index contributed by atoms with van der Waals surface area (Å²) in [5.74, 6) is 0.355. The minimum absolute atomic E-state index is 0. The molecule has 0 unspecified atom stereocenters. The molecule has 0 rings (SSSR count). The van der Waals surface area contributed by atoms with Crippen molar-refractivity contribution in [3.05, 3.63) is 6.92 Å². The van der Waals surface area contributed by atoms with Crippen LogP contribution in [0, 0.1) is 6.92 Å². The van der Waals surface area contributed by atoms with Gasteiger partial charge in [-0.05, 0) is 20.3 Å². The Morgan fingerprint density at radius 2 is 1.40 bits per heavy atom. The molecule has 3 amide bonds. The third-order valence-electron chi connectivity index (χ3n) is 3.78. The zero-order valence-electron chi connectivity index (χ0n) is 17.6. The van der Waals surface area contributed by atoms with Gasteiger partial charge in [0.05, 0.1) is 0 Å². The van der Waals surface area contributed by atoms with Crippen molar-refractivity contribution in [2.75, 3.05) is 34.2 Å². The topological polar surface area (TPSA) is 60.9 Å². The molecule has 6 nitrogen and oxygen atoms in total. The van der Waals surface area contributed by atoms with E-state index in [4.69, 9.17) is 0 Å². The van der Waals surface area contributed by atoms with Crippen molar-refractivity contribution in [2.45, 2.75) is 59.4 Å². The maximum atomic E-state index is 11.7. The molecule has 7 heteroatoms. The molecule has 0 heterocycles. The Morgan fingerprint density at radius 3 is 1.72 bits per heavy atom. The van der Waals surface area contributed by atoms with E-state index in [0.29, 0.717) is 32.4 Å². The molecule has 0 bridgehead atoms. The van der Waals surface area contributed by atoms with Gasteiger partial charge in [-0.1, -0.05) is 13.8 Å². The van der Waals surface area contributed by atoms with Crippen molar-refractivity contribution in [1.82, 2.24) is 14.7 Å². The van der Waals surface area contributed by atoms with E-state index in [2.05, 4.69) is 6.92 Å². The average Bonchev–Trinajstić information content (AvgIpc) is 2.57. The molecular weight excluding hydrogens is 345 g/mol. The van der Waals surface area contributed by atoms with E-state index < -0.39 is 0 Å². The summed E-state index contributed by atoms with van der Waals surface area (Å²) in [4.78, 5) is 38.7. The summed E-state index contributed by atoms with van der Waals surface area (Å²) in [7, 11) is 5.29. The summed E-state index contributed by atoms with van der Waals surface area (Å²) >= 11 is 0. The van der Waals surface area contributed by atoms with Gasteiger partial charge in [0.25, 0.3) is 0 Å². The average molecular weight is 382 g/mol. The van der Waals surface area contributed by atoms with Crippen LogP contribution in [0.2, 0.25) is 0 Å². The normalized spacial score (nSPS) is 9.48. The van der Waals surface area contributed by atoms with Gasteiger partial charge in [0.15, 0.2) is 0 Å². The molecule has 0 aromatic heterocycles. The molecule has 25 heavy (non-hydrogen) atoms. The first-order valence-corrected chi connectivity index (χ1v) is 8.65. The molecule has 0 N–H and O–H groups in total. The SMILES string of the molecule is CCCC(=O)N(C)CCC(=O)N(C)C(C)C.[CH2-]CN(C)C(=O)CC.[K+]. The molecule has 0 aromatic carbocycles. The Labute approximate surface area is 197 Å². The molecule has 0 saturated heterocycles. The molecule has 0 atom stereocenters. The first kappa shape index (κ1) is 29.8. The van der Waals surface area contributed by atoms with E-state index in [0.717, 1.165) is 6.42 Å². The van der Waals surface area contributed by atoms with Gasteiger partial charge in [0.1, 0.15) is 0 Å². The number of carbonyl (C=O) groups is 3. The fraction of sp³-hybridized carbons (Fsp3) is 0.778. The van der Waals surface area contributed by atoms with Crippen LogP contribution in [0.15, 0.2) is 0 Å². The minimum Gasteiger partial charge on any atom is -0.376 e. The van der Waals surface area contributed by atoms with E-state index in [-0.39, 0.29) is 75.1 Å². The molecule has 0 fully saturated rings. The van der Waals surface area contributed by atoms with E-state index in [1.54, 1.807) is 35.8 Å². The van der Waals surface area contributed by atoms with Gasteiger partial charge in [-0.15, -0.1) is 6.54 Å². The van der Waals surface area contributed by atoms with Crippen LogP contribution >= 0.6 is 0 Å².